The quantitative estimate of drug-likeness (QED) is 0.451. The number of carbonyl (C=O) groups is 2. The summed E-state index contributed by atoms with van der Waals surface area (Å²) in [5.41, 5.74) is 0. The van der Waals surface area contributed by atoms with Crippen molar-refractivity contribution in [1.29, 1.82) is 5.26 Å². The second-order valence-electron chi connectivity index (χ2n) is 5.31. The van der Waals surface area contributed by atoms with Crippen molar-refractivity contribution in [3.05, 3.63) is 35.1 Å². The Hall–Kier alpha value is -2.95. The van der Waals surface area contributed by atoms with Gasteiger partial charge in [-0.15, -0.1) is 0 Å². The van der Waals surface area contributed by atoms with Crippen molar-refractivity contribution in [2.45, 2.75) is 22.9 Å². The van der Waals surface area contributed by atoms with Crippen LogP contribution < -0.4 is 10.0 Å². The lowest BCUT2D eigenvalue weighted by Crippen LogP contribution is -2.35. The van der Waals surface area contributed by atoms with Gasteiger partial charge in [-0.1, -0.05) is 35.5 Å². The van der Waals surface area contributed by atoms with E-state index in [0.29, 0.717) is 0 Å². The van der Waals surface area contributed by atoms with E-state index in [-0.39, 0.29) is 33.5 Å². The number of nitrogens with zero attached hydrogens (tertiary/aromatic N) is 4. The molecule has 30 heavy (non-hydrogen) atoms. The maximum Gasteiger partial charge on any atom is 0.335 e. The molecule has 0 aliphatic heterocycles. The Balaban J connectivity index is 2.27. The Labute approximate surface area is 181 Å². The average molecular weight is 471 g/mol. The minimum Gasteiger partial charge on any atom is -0.465 e. The normalized spacial score (nSPS) is 11.8. The molecule has 158 valence electrons. The molecule has 1 aromatic carbocycles. The monoisotopic (exact) mass is 470 g/mol. The van der Waals surface area contributed by atoms with Crippen LogP contribution in [-0.2, 0) is 19.6 Å². The lowest BCUT2D eigenvalue weighted by molar-refractivity contribution is -0.143. The Kier molecular flexibility index (Phi) is 7.93. The van der Waals surface area contributed by atoms with Gasteiger partial charge in [-0.2, -0.15) is 15.2 Å². The summed E-state index contributed by atoms with van der Waals surface area (Å²) < 4.78 is 31.3. The molecule has 1 heterocycles. The van der Waals surface area contributed by atoms with Gasteiger partial charge in [-0.25, -0.2) is 22.9 Å². The number of aromatic nitrogens is 3. The van der Waals surface area contributed by atoms with Gasteiger partial charge in [0.2, 0.25) is 11.9 Å². The maximum atomic E-state index is 12.3. The predicted octanol–water partition coefficient (Wildman–Crippen LogP) is 1.93. The standard InChI is InChI=1S/C16H15ClN6O5S2/c1-3-28-13(24)9(8-18)12-19-14(22-16(20-12)29-2)21-15(25)23-30(26,27)11-7-5-4-6-10(11)17/h4-7,9H,3H2,1-2H3,(H2,19,20,21,22,23,25). The summed E-state index contributed by atoms with van der Waals surface area (Å²) in [6.07, 6.45) is 1.62. The highest BCUT2D eigenvalue weighted by Crippen LogP contribution is 2.21. The number of amides is 2. The van der Waals surface area contributed by atoms with E-state index in [9.17, 15) is 23.3 Å². The Bertz CT molecular complexity index is 1110. The zero-order valence-corrected chi connectivity index (χ0v) is 18.0. The summed E-state index contributed by atoms with van der Waals surface area (Å²) in [6, 6.07) is 6.11. The van der Waals surface area contributed by atoms with Gasteiger partial charge in [0.1, 0.15) is 4.90 Å². The molecule has 0 spiro atoms. The van der Waals surface area contributed by atoms with E-state index in [0.717, 1.165) is 11.8 Å². The fraction of sp³-hybridized carbons (Fsp3) is 0.250. The number of anilines is 1. The minimum absolute atomic E-state index is 0.0465. The van der Waals surface area contributed by atoms with Crippen LogP contribution in [0.3, 0.4) is 0 Å². The third kappa shape index (κ3) is 5.78. The largest absolute Gasteiger partial charge is 0.465 e. The van der Waals surface area contributed by atoms with Crippen LogP contribution in [0.25, 0.3) is 0 Å². The second kappa shape index (κ2) is 10.2. The third-order valence-electron chi connectivity index (χ3n) is 3.30. The number of halogens is 1. The van der Waals surface area contributed by atoms with E-state index in [2.05, 4.69) is 20.3 Å². The van der Waals surface area contributed by atoms with Crippen molar-refractivity contribution in [2.24, 2.45) is 0 Å². The van der Waals surface area contributed by atoms with Gasteiger partial charge in [0.05, 0.1) is 17.7 Å². The third-order valence-corrected chi connectivity index (χ3v) is 5.68. The summed E-state index contributed by atoms with van der Waals surface area (Å²) in [6.45, 7) is 1.62. The SMILES string of the molecule is CCOC(=O)C(C#N)c1nc(NC(=O)NS(=O)(=O)c2ccccc2Cl)nc(SC)n1. The van der Waals surface area contributed by atoms with Crippen LogP contribution in [0, 0.1) is 11.3 Å². The molecule has 0 radical (unpaired) electrons. The van der Waals surface area contributed by atoms with Crippen LogP contribution >= 0.6 is 23.4 Å². The van der Waals surface area contributed by atoms with Crippen LogP contribution in [-0.4, -0.2) is 48.2 Å². The first kappa shape index (κ1) is 23.3. The number of urea groups is 1. The van der Waals surface area contributed by atoms with E-state index in [1.54, 1.807) is 24.0 Å². The van der Waals surface area contributed by atoms with Crippen LogP contribution in [0.2, 0.25) is 5.02 Å². The molecule has 0 saturated carbocycles. The van der Waals surface area contributed by atoms with Crippen molar-refractivity contribution in [2.75, 3.05) is 18.2 Å². The summed E-state index contributed by atoms with van der Waals surface area (Å²) in [4.78, 5) is 35.6. The molecule has 1 aromatic heterocycles. The van der Waals surface area contributed by atoms with Gasteiger partial charge in [-0.3, -0.25) is 10.1 Å². The molecule has 11 nitrogen and oxygen atoms in total. The average Bonchev–Trinajstić information content (AvgIpc) is 2.68. The number of carbonyl (C=O) groups excluding carboxylic acids is 2. The minimum atomic E-state index is -4.27. The van der Waals surface area contributed by atoms with Crippen molar-refractivity contribution in [1.82, 2.24) is 19.7 Å². The highest BCUT2D eigenvalue weighted by atomic mass is 35.5. The zero-order chi connectivity index (χ0) is 22.3. The summed E-state index contributed by atoms with van der Waals surface area (Å²) >= 11 is 6.92. The molecule has 0 aliphatic carbocycles. The fourth-order valence-corrected chi connectivity index (χ4v) is 3.85. The van der Waals surface area contributed by atoms with E-state index < -0.39 is 27.9 Å². The van der Waals surface area contributed by atoms with E-state index in [1.165, 1.54) is 24.3 Å². The maximum absolute atomic E-state index is 12.3. The van der Waals surface area contributed by atoms with Gasteiger partial charge >= 0.3 is 12.0 Å². The highest BCUT2D eigenvalue weighted by Gasteiger charge is 2.27. The molecule has 0 aliphatic rings. The number of benzene rings is 1. The van der Waals surface area contributed by atoms with Crippen LogP contribution in [0.5, 0.6) is 0 Å². The fourth-order valence-electron chi connectivity index (χ4n) is 2.06. The first-order valence-electron chi connectivity index (χ1n) is 8.16. The lowest BCUT2D eigenvalue weighted by atomic mass is 10.1. The van der Waals surface area contributed by atoms with E-state index in [1.807, 2.05) is 0 Å². The number of sulfonamides is 1. The number of esters is 1. The number of hydrogen-bond acceptors (Lipinski definition) is 10. The Morgan fingerprint density at radius 3 is 2.60 bits per heavy atom. The highest BCUT2D eigenvalue weighted by molar-refractivity contribution is 7.98. The Morgan fingerprint density at radius 2 is 2.00 bits per heavy atom. The Morgan fingerprint density at radius 1 is 1.30 bits per heavy atom. The molecule has 1 unspecified atom stereocenters. The zero-order valence-electron chi connectivity index (χ0n) is 15.6. The molecule has 0 fully saturated rings. The molecule has 0 bridgehead atoms. The summed E-state index contributed by atoms with van der Waals surface area (Å²) in [5.74, 6) is -2.93. The molecule has 2 N–H and O–H groups in total. The van der Waals surface area contributed by atoms with E-state index in [4.69, 9.17) is 16.3 Å². The topological polar surface area (TPSA) is 164 Å². The van der Waals surface area contributed by atoms with E-state index >= 15 is 0 Å². The molecule has 2 rings (SSSR count). The number of rotatable bonds is 7. The van der Waals surface area contributed by atoms with Crippen molar-refractivity contribution >= 4 is 51.3 Å². The molecule has 2 aromatic rings. The number of ether oxygens (including phenoxy) is 1. The van der Waals surface area contributed by atoms with Crippen molar-refractivity contribution in [3.8, 4) is 6.07 Å². The second-order valence-corrected chi connectivity index (χ2v) is 8.14. The number of nitriles is 1. The molecule has 2 amide bonds. The number of hydrogen-bond donors (Lipinski definition) is 2. The van der Waals surface area contributed by atoms with Crippen LogP contribution in [0.4, 0.5) is 10.7 Å². The summed E-state index contributed by atoms with van der Waals surface area (Å²) in [7, 11) is -4.27. The van der Waals surface area contributed by atoms with Gasteiger partial charge in [-0.05, 0) is 25.3 Å². The molecule has 0 saturated heterocycles. The van der Waals surface area contributed by atoms with Gasteiger partial charge in [0, 0.05) is 0 Å². The molecule has 1 atom stereocenters. The molecule has 14 heteroatoms. The predicted molar refractivity (Wildman–Crippen MR) is 107 cm³/mol. The first-order chi connectivity index (χ1) is 14.2. The van der Waals surface area contributed by atoms with Crippen molar-refractivity contribution in [3.63, 3.8) is 0 Å². The smallest absolute Gasteiger partial charge is 0.335 e. The number of thioether (sulfide) groups is 1. The molecular formula is C16H15ClN6O5S2. The van der Waals surface area contributed by atoms with Gasteiger partial charge in [0.25, 0.3) is 10.0 Å². The first-order valence-corrected chi connectivity index (χ1v) is 11.2. The molecular weight excluding hydrogens is 456 g/mol. The van der Waals surface area contributed by atoms with Gasteiger partial charge in [0.15, 0.2) is 11.0 Å². The van der Waals surface area contributed by atoms with Crippen molar-refractivity contribution < 1.29 is 22.7 Å². The summed E-state index contributed by atoms with van der Waals surface area (Å²) in [5, 5.41) is 11.4. The van der Waals surface area contributed by atoms with Crippen LogP contribution in [0.15, 0.2) is 34.3 Å². The van der Waals surface area contributed by atoms with Gasteiger partial charge < -0.3 is 4.74 Å². The lowest BCUT2D eigenvalue weighted by Gasteiger charge is -2.11. The van der Waals surface area contributed by atoms with Crippen LogP contribution in [0.1, 0.15) is 18.7 Å². The number of nitrogens with one attached hydrogen (secondary N) is 2.